The number of benzene rings is 1. The van der Waals surface area contributed by atoms with Gasteiger partial charge in [-0.25, -0.2) is 4.98 Å². The zero-order valence-corrected chi connectivity index (χ0v) is 13.1. The fourth-order valence-electron chi connectivity index (χ4n) is 2.10. The maximum atomic E-state index is 12.6. The van der Waals surface area contributed by atoms with Gasteiger partial charge in [-0.3, -0.25) is 9.12 Å². The van der Waals surface area contributed by atoms with E-state index in [2.05, 4.69) is 9.71 Å². The first-order valence-electron chi connectivity index (χ1n) is 6.20. The fourth-order valence-corrected chi connectivity index (χ4v) is 4.22. The van der Waals surface area contributed by atoms with Gasteiger partial charge in [0.25, 0.3) is 10.0 Å². The van der Waals surface area contributed by atoms with Crippen LogP contribution < -0.4 is 10.5 Å². The number of hydrogen-bond acceptors (Lipinski definition) is 5. The summed E-state index contributed by atoms with van der Waals surface area (Å²) in [6.45, 7) is 3.80. The molecular formula is C13H14N4O2S2. The number of hydrogen-bond donors (Lipinski definition) is 2. The van der Waals surface area contributed by atoms with Gasteiger partial charge in [-0.2, -0.15) is 8.42 Å². The van der Waals surface area contributed by atoms with E-state index < -0.39 is 10.0 Å². The summed E-state index contributed by atoms with van der Waals surface area (Å²) in [7, 11) is -3.80. The van der Waals surface area contributed by atoms with E-state index in [-0.39, 0.29) is 10.8 Å². The molecule has 0 aliphatic rings. The van der Waals surface area contributed by atoms with Crippen molar-refractivity contribution in [2.75, 3.05) is 10.5 Å². The van der Waals surface area contributed by atoms with E-state index in [1.807, 2.05) is 19.9 Å². The smallest absolute Gasteiger partial charge is 0.281 e. The first-order valence-corrected chi connectivity index (χ1v) is 8.56. The summed E-state index contributed by atoms with van der Waals surface area (Å²) in [5, 5.41) is 1.73. The molecule has 0 unspecified atom stereocenters. The lowest BCUT2D eigenvalue weighted by Gasteiger charge is -2.11. The lowest BCUT2D eigenvalue weighted by atomic mass is 10.1. The van der Waals surface area contributed by atoms with Crippen LogP contribution in [0, 0.1) is 13.8 Å². The third-order valence-electron chi connectivity index (χ3n) is 3.35. The number of nitrogens with two attached hydrogens (primary N) is 1. The lowest BCUT2D eigenvalue weighted by Crippen LogP contribution is -2.17. The van der Waals surface area contributed by atoms with Crippen LogP contribution in [0.15, 0.2) is 34.8 Å². The number of fused-ring (bicyclic) bond motifs is 1. The first-order chi connectivity index (χ1) is 9.90. The minimum absolute atomic E-state index is 0.000318. The van der Waals surface area contributed by atoms with Crippen LogP contribution in [-0.2, 0) is 10.0 Å². The molecule has 2 heterocycles. The molecule has 3 aromatic rings. The van der Waals surface area contributed by atoms with Crippen LogP contribution in [0.3, 0.4) is 0 Å². The molecule has 0 atom stereocenters. The van der Waals surface area contributed by atoms with Gasteiger partial charge in [0.2, 0.25) is 5.03 Å². The Labute approximate surface area is 126 Å². The molecular weight excluding hydrogens is 308 g/mol. The first kappa shape index (κ1) is 13.9. The van der Waals surface area contributed by atoms with Gasteiger partial charge in [0.15, 0.2) is 10.8 Å². The van der Waals surface area contributed by atoms with Crippen molar-refractivity contribution in [3.63, 3.8) is 0 Å². The molecule has 21 heavy (non-hydrogen) atoms. The maximum Gasteiger partial charge on any atom is 0.281 e. The predicted octanol–water partition coefficient (Wildman–Crippen LogP) is 2.40. The third kappa shape index (κ3) is 2.26. The van der Waals surface area contributed by atoms with Gasteiger partial charge in [-0.05, 0) is 31.0 Å². The van der Waals surface area contributed by atoms with Crippen molar-refractivity contribution >= 4 is 37.8 Å². The minimum Gasteiger partial charge on any atom is -0.381 e. The van der Waals surface area contributed by atoms with Gasteiger partial charge in [-0.15, -0.1) is 11.3 Å². The molecule has 0 saturated carbocycles. The van der Waals surface area contributed by atoms with Gasteiger partial charge in [0, 0.05) is 11.6 Å². The Balaban J connectivity index is 2.11. The molecule has 3 rings (SSSR count). The van der Waals surface area contributed by atoms with Crippen LogP contribution in [0.4, 0.5) is 11.5 Å². The number of sulfonamides is 1. The summed E-state index contributed by atoms with van der Waals surface area (Å²) in [6.07, 6.45) is 1.64. The molecule has 1 aromatic carbocycles. The Bertz CT molecular complexity index is 925. The van der Waals surface area contributed by atoms with Crippen molar-refractivity contribution < 1.29 is 8.42 Å². The van der Waals surface area contributed by atoms with Crippen LogP contribution in [0.5, 0.6) is 0 Å². The molecule has 0 amide bonds. The zero-order valence-electron chi connectivity index (χ0n) is 11.5. The Morgan fingerprint density at radius 1 is 1.33 bits per heavy atom. The molecule has 0 aliphatic heterocycles. The molecule has 2 aromatic heterocycles. The molecule has 0 aliphatic carbocycles. The Morgan fingerprint density at radius 3 is 2.86 bits per heavy atom. The molecule has 0 spiro atoms. The highest BCUT2D eigenvalue weighted by molar-refractivity contribution is 7.92. The zero-order chi connectivity index (χ0) is 15.2. The van der Waals surface area contributed by atoms with Crippen molar-refractivity contribution in [1.29, 1.82) is 0 Å². The Morgan fingerprint density at radius 2 is 2.10 bits per heavy atom. The monoisotopic (exact) mass is 322 g/mol. The number of nitrogen functional groups attached to an aromatic ring is 1. The maximum absolute atomic E-state index is 12.6. The van der Waals surface area contributed by atoms with Crippen LogP contribution in [0.2, 0.25) is 0 Å². The normalized spacial score (nSPS) is 11.9. The van der Waals surface area contributed by atoms with E-state index in [0.717, 1.165) is 11.1 Å². The molecule has 0 radical (unpaired) electrons. The van der Waals surface area contributed by atoms with Crippen LogP contribution in [-0.4, -0.2) is 17.8 Å². The number of rotatable bonds is 3. The summed E-state index contributed by atoms with van der Waals surface area (Å²) in [4.78, 5) is 4.61. The van der Waals surface area contributed by atoms with Gasteiger partial charge in [0.1, 0.15) is 0 Å². The largest absolute Gasteiger partial charge is 0.381 e. The average molecular weight is 322 g/mol. The summed E-state index contributed by atoms with van der Waals surface area (Å²) in [6, 6.07) is 5.46. The highest BCUT2D eigenvalue weighted by Crippen LogP contribution is 2.27. The minimum atomic E-state index is -3.80. The highest BCUT2D eigenvalue weighted by atomic mass is 32.2. The number of thiazole rings is 1. The summed E-state index contributed by atoms with van der Waals surface area (Å²) in [5.41, 5.74) is 8.19. The van der Waals surface area contributed by atoms with Gasteiger partial charge in [-0.1, -0.05) is 12.1 Å². The Hall–Kier alpha value is -2.06. The van der Waals surface area contributed by atoms with E-state index in [4.69, 9.17) is 5.73 Å². The Kier molecular flexibility index (Phi) is 3.14. The number of imidazole rings is 1. The number of anilines is 2. The third-order valence-corrected chi connectivity index (χ3v) is 5.51. The van der Waals surface area contributed by atoms with Gasteiger partial charge < -0.3 is 5.73 Å². The predicted molar refractivity (Wildman–Crippen MR) is 84.2 cm³/mol. The topological polar surface area (TPSA) is 89.5 Å². The fraction of sp³-hybridized carbons (Fsp3) is 0.154. The molecule has 0 fully saturated rings. The summed E-state index contributed by atoms with van der Waals surface area (Å²) in [5.74, 6) is -0.000318. The SMILES string of the molecule is Cc1cccc(NS(=O)(=O)c2c(N)nc3sccn23)c1C. The number of aryl methyl sites for hydroxylation is 1. The second kappa shape index (κ2) is 4.74. The van der Waals surface area contributed by atoms with Crippen molar-refractivity contribution in [2.24, 2.45) is 0 Å². The number of aromatic nitrogens is 2. The highest BCUT2D eigenvalue weighted by Gasteiger charge is 2.25. The standard InChI is InChI=1S/C13H14N4O2S2/c1-8-4-3-5-10(9(8)2)16-21(18,19)12-11(14)15-13-17(12)6-7-20-13/h3-7,16H,14H2,1-2H3. The second-order valence-electron chi connectivity index (χ2n) is 4.71. The second-order valence-corrected chi connectivity index (χ2v) is 7.18. The van der Waals surface area contributed by atoms with Crippen LogP contribution in [0.1, 0.15) is 11.1 Å². The average Bonchev–Trinajstić information content (AvgIpc) is 2.94. The van der Waals surface area contributed by atoms with E-state index in [9.17, 15) is 8.42 Å². The van der Waals surface area contributed by atoms with E-state index in [0.29, 0.717) is 10.6 Å². The lowest BCUT2D eigenvalue weighted by molar-refractivity contribution is 0.597. The van der Waals surface area contributed by atoms with Gasteiger partial charge in [0.05, 0.1) is 5.69 Å². The van der Waals surface area contributed by atoms with Crippen molar-refractivity contribution in [2.45, 2.75) is 18.9 Å². The molecule has 110 valence electrons. The number of nitrogens with one attached hydrogen (secondary N) is 1. The van der Waals surface area contributed by atoms with Crippen molar-refractivity contribution in [1.82, 2.24) is 9.38 Å². The number of nitrogens with zero attached hydrogens (tertiary/aromatic N) is 2. The van der Waals surface area contributed by atoms with Crippen molar-refractivity contribution in [3.05, 3.63) is 40.9 Å². The van der Waals surface area contributed by atoms with Gasteiger partial charge >= 0.3 is 0 Å². The van der Waals surface area contributed by atoms with Crippen molar-refractivity contribution in [3.8, 4) is 0 Å². The van der Waals surface area contributed by atoms with E-state index in [1.54, 1.807) is 23.7 Å². The summed E-state index contributed by atoms with van der Waals surface area (Å²) < 4.78 is 29.3. The molecule has 0 bridgehead atoms. The molecule has 6 nitrogen and oxygen atoms in total. The molecule has 8 heteroatoms. The van der Waals surface area contributed by atoms with Crippen LogP contribution >= 0.6 is 11.3 Å². The summed E-state index contributed by atoms with van der Waals surface area (Å²) >= 11 is 1.33. The molecule has 3 N–H and O–H groups in total. The van der Waals surface area contributed by atoms with Crippen LogP contribution in [0.25, 0.3) is 4.96 Å². The van der Waals surface area contributed by atoms with E-state index >= 15 is 0 Å². The quantitative estimate of drug-likeness (QED) is 0.775. The van der Waals surface area contributed by atoms with E-state index in [1.165, 1.54) is 15.7 Å². The molecule has 0 saturated heterocycles.